The number of carbonyl (C=O) groups is 3. The first kappa shape index (κ1) is 33.6. The van der Waals surface area contributed by atoms with Crippen molar-refractivity contribution in [2.24, 2.45) is 17.8 Å². The summed E-state index contributed by atoms with van der Waals surface area (Å²) in [5, 5.41) is 10.6. The van der Waals surface area contributed by atoms with Gasteiger partial charge in [0, 0.05) is 32.7 Å². The lowest BCUT2D eigenvalue weighted by Crippen LogP contribution is -2.60. The Kier molecular flexibility index (Phi) is 11.5. The average molecular weight is 604 g/mol. The number of hydrogen-bond acceptors (Lipinski definition) is 8. The maximum Gasteiger partial charge on any atom is 0.312 e. The summed E-state index contributed by atoms with van der Waals surface area (Å²) >= 11 is 0. The number of rotatable bonds is 17. The molecule has 4 saturated heterocycles. The number of esters is 1. The van der Waals surface area contributed by atoms with Crippen LogP contribution in [0, 0.1) is 17.8 Å². The van der Waals surface area contributed by atoms with Crippen LogP contribution in [0.4, 0.5) is 0 Å². The van der Waals surface area contributed by atoms with E-state index in [0.717, 1.165) is 32.4 Å². The van der Waals surface area contributed by atoms with Crippen LogP contribution in [0.2, 0.25) is 0 Å². The van der Waals surface area contributed by atoms with Crippen LogP contribution in [0.15, 0.2) is 25.3 Å². The highest BCUT2D eigenvalue weighted by atomic mass is 16.6. The second-order valence-corrected chi connectivity index (χ2v) is 12.7. The molecule has 43 heavy (non-hydrogen) atoms. The molecule has 4 fully saturated rings. The Balaban J connectivity index is 1.69. The third-order valence-corrected chi connectivity index (χ3v) is 10.4. The fraction of sp³-hybridized carbons (Fsp3) is 0.788. The smallest absolute Gasteiger partial charge is 0.312 e. The molecule has 2 amide bonds. The monoisotopic (exact) mass is 603 g/mol. The summed E-state index contributed by atoms with van der Waals surface area (Å²) in [6.07, 6.45) is 8.30. The molecule has 4 aliphatic heterocycles. The van der Waals surface area contributed by atoms with E-state index in [9.17, 15) is 19.5 Å². The number of aliphatic hydroxyl groups is 1. The van der Waals surface area contributed by atoms with E-state index < -0.39 is 41.1 Å². The third-order valence-electron chi connectivity index (χ3n) is 10.4. The Morgan fingerprint density at radius 2 is 1.93 bits per heavy atom. The molecule has 1 spiro atoms. The highest BCUT2D eigenvalue weighted by molar-refractivity contribution is 5.98. The van der Waals surface area contributed by atoms with Crippen molar-refractivity contribution in [2.45, 2.75) is 89.0 Å². The van der Waals surface area contributed by atoms with Crippen molar-refractivity contribution in [1.82, 2.24) is 14.7 Å². The number of carbonyl (C=O) groups excluding carboxylic acids is 3. The fourth-order valence-corrected chi connectivity index (χ4v) is 7.83. The van der Waals surface area contributed by atoms with Gasteiger partial charge < -0.3 is 29.1 Å². The van der Waals surface area contributed by atoms with Crippen molar-refractivity contribution >= 4 is 17.8 Å². The maximum absolute atomic E-state index is 14.7. The van der Waals surface area contributed by atoms with Gasteiger partial charge in [0.2, 0.25) is 11.8 Å². The van der Waals surface area contributed by atoms with Crippen LogP contribution in [-0.2, 0) is 28.6 Å². The van der Waals surface area contributed by atoms with Crippen LogP contribution in [0.5, 0.6) is 0 Å². The van der Waals surface area contributed by atoms with Gasteiger partial charge in [-0.3, -0.25) is 19.3 Å². The van der Waals surface area contributed by atoms with Gasteiger partial charge >= 0.3 is 5.97 Å². The molecule has 0 aromatic carbocycles. The molecule has 0 aliphatic carbocycles. The second kappa shape index (κ2) is 14.7. The first-order valence-electron chi connectivity index (χ1n) is 16.4. The van der Waals surface area contributed by atoms with Gasteiger partial charge in [-0.25, -0.2) is 0 Å². The second-order valence-electron chi connectivity index (χ2n) is 12.7. The summed E-state index contributed by atoms with van der Waals surface area (Å²) in [7, 11) is 0. The SMILES string of the molecule is C=CCCCCOC(=O)[C@H]1[C@H]2C(=O)N([C@@H](CO)[C@@H](C)CC)C(C(=O)N(CC=C)CCN3CCOCC3)C23CC[C@]1(CC)O3. The molecule has 7 atom stereocenters. The summed E-state index contributed by atoms with van der Waals surface area (Å²) in [4.78, 5) is 48.7. The molecule has 4 rings (SSSR count). The summed E-state index contributed by atoms with van der Waals surface area (Å²) in [5.74, 6) is -2.61. The molecule has 10 heteroatoms. The summed E-state index contributed by atoms with van der Waals surface area (Å²) in [6, 6.07) is -1.52. The zero-order valence-electron chi connectivity index (χ0n) is 26.5. The summed E-state index contributed by atoms with van der Waals surface area (Å²) in [6.45, 7) is 18.0. The summed E-state index contributed by atoms with van der Waals surface area (Å²) in [5.41, 5.74) is -2.01. The van der Waals surface area contributed by atoms with Crippen molar-refractivity contribution in [3.05, 3.63) is 25.3 Å². The standard InChI is InChI=1S/C33H53N3O7/c1-6-10-11-12-20-42-31(40)27-26-29(38)36(25(23-37)24(5)8-3)28(33(26)14-13-32(27,9-4)43-33)30(39)35(15-7-2)17-16-34-18-21-41-22-19-34/h6-7,24-28,37H,1-2,8-23H2,3-5H3/t24-,25-,26-,27+,28?,32-,33?/m0/s1. The first-order chi connectivity index (χ1) is 20.7. The lowest BCUT2D eigenvalue weighted by atomic mass is 9.65. The van der Waals surface area contributed by atoms with Crippen LogP contribution in [0.25, 0.3) is 0 Å². The fourth-order valence-electron chi connectivity index (χ4n) is 7.83. The zero-order chi connectivity index (χ0) is 31.2. The number of aliphatic hydroxyl groups excluding tert-OH is 1. The van der Waals surface area contributed by atoms with Gasteiger partial charge in [-0.15, -0.1) is 13.2 Å². The van der Waals surface area contributed by atoms with Crippen LogP contribution in [0.1, 0.15) is 65.7 Å². The van der Waals surface area contributed by atoms with Crippen molar-refractivity contribution < 1.29 is 33.7 Å². The van der Waals surface area contributed by atoms with E-state index in [1.807, 2.05) is 26.8 Å². The Hall–Kier alpha value is -2.27. The van der Waals surface area contributed by atoms with E-state index in [4.69, 9.17) is 14.2 Å². The first-order valence-corrected chi connectivity index (χ1v) is 16.4. The summed E-state index contributed by atoms with van der Waals surface area (Å²) < 4.78 is 18.2. The Labute approximate surface area is 257 Å². The molecule has 0 saturated carbocycles. The molecule has 0 aromatic heterocycles. The van der Waals surface area contributed by atoms with E-state index >= 15 is 0 Å². The number of hydrogen-bond donors (Lipinski definition) is 1. The van der Waals surface area contributed by atoms with Crippen molar-refractivity contribution in [3.8, 4) is 0 Å². The molecular formula is C33H53N3O7. The number of ether oxygens (including phenoxy) is 3. The molecule has 10 nitrogen and oxygen atoms in total. The highest BCUT2D eigenvalue weighted by Gasteiger charge is 2.79. The highest BCUT2D eigenvalue weighted by Crippen LogP contribution is 2.65. The number of amides is 2. The lowest BCUT2D eigenvalue weighted by molar-refractivity contribution is -0.164. The van der Waals surface area contributed by atoms with Gasteiger partial charge in [-0.05, 0) is 44.4 Å². The Morgan fingerprint density at radius 1 is 1.19 bits per heavy atom. The zero-order valence-corrected chi connectivity index (χ0v) is 26.5. The predicted octanol–water partition coefficient (Wildman–Crippen LogP) is 2.79. The van der Waals surface area contributed by atoms with Crippen LogP contribution in [0.3, 0.4) is 0 Å². The minimum atomic E-state index is -1.16. The minimum absolute atomic E-state index is 0.0618. The molecule has 1 N–H and O–H groups in total. The third kappa shape index (κ3) is 6.30. The number of nitrogens with zero attached hydrogens (tertiary/aromatic N) is 3. The van der Waals surface area contributed by atoms with Crippen LogP contribution in [-0.4, -0.2) is 120 Å². The largest absolute Gasteiger partial charge is 0.465 e. The Morgan fingerprint density at radius 3 is 2.56 bits per heavy atom. The minimum Gasteiger partial charge on any atom is -0.465 e. The van der Waals surface area contributed by atoms with E-state index in [-0.39, 0.29) is 30.9 Å². The molecule has 2 unspecified atom stereocenters. The van der Waals surface area contributed by atoms with E-state index in [0.29, 0.717) is 58.5 Å². The normalized spacial score (nSPS) is 31.5. The number of morpholine rings is 1. The van der Waals surface area contributed by atoms with Gasteiger partial charge in [0.15, 0.2) is 0 Å². The molecule has 4 aliphatic rings. The van der Waals surface area contributed by atoms with E-state index in [1.165, 1.54) is 0 Å². The van der Waals surface area contributed by atoms with Crippen molar-refractivity contribution in [2.75, 3.05) is 59.2 Å². The molecular weight excluding hydrogens is 550 g/mol. The molecule has 2 bridgehead atoms. The lowest BCUT2D eigenvalue weighted by Gasteiger charge is -2.41. The van der Waals surface area contributed by atoms with E-state index in [2.05, 4.69) is 18.1 Å². The molecule has 4 heterocycles. The van der Waals surface area contributed by atoms with Gasteiger partial charge in [-0.1, -0.05) is 39.3 Å². The number of likely N-dealkylation sites (tertiary alicyclic amines) is 1. The van der Waals surface area contributed by atoms with Crippen molar-refractivity contribution in [1.29, 1.82) is 0 Å². The predicted molar refractivity (Wildman–Crippen MR) is 163 cm³/mol. The number of allylic oxidation sites excluding steroid dienone is 1. The van der Waals surface area contributed by atoms with Crippen molar-refractivity contribution in [3.63, 3.8) is 0 Å². The van der Waals surface area contributed by atoms with Gasteiger partial charge in [0.05, 0.1) is 44.0 Å². The van der Waals surface area contributed by atoms with Crippen LogP contribution >= 0.6 is 0 Å². The number of unbranched alkanes of at least 4 members (excludes halogenated alkanes) is 2. The molecule has 0 aromatic rings. The maximum atomic E-state index is 14.7. The average Bonchev–Trinajstić information content (AvgIpc) is 3.63. The van der Waals surface area contributed by atoms with Gasteiger partial charge in [-0.2, -0.15) is 0 Å². The van der Waals surface area contributed by atoms with Gasteiger partial charge in [0.1, 0.15) is 17.6 Å². The molecule has 242 valence electrons. The quantitative estimate of drug-likeness (QED) is 0.154. The van der Waals surface area contributed by atoms with Gasteiger partial charge in [0.25, 0.3) is 0 Å². The molecule has 0 radical (unpaired) electrons. The Bertz CT molecular complexity index is 1020. The van der Waals surface area contributed by atoms with E-state index in [1.54, 1.807) is 15.9 Å². The number of fused-ring (bicyclic) bond motifs is 1. The topological polar surface area (TPSA) is 109 Å². The van der Waals surface area contributed by atoms with Crippen LogP contribution < -0.4 is 0 Å².